The Labute approximate surface area is 145 Å². The van der Waals surface area contributed by atoms with Crippen LogP contribution in [0.4, 0.5) is 4.39 Å². The van der Waals surface area contributed by atoms with Crippen molar-refractivity contribution in [1.29, 1.82) is 0 Å². The smallest absolute Gasteiger partial charge is 0.326 e. The van der Waals surface area contributed by atoms with Crippen molar-refractivity contribution in [3.05, 3.63) is 35.6 Å². The van der Waals surface area contributed by atoms with Crippen molar-refractivity contribution in [2.24, 2.45) is 0 Å². The summed E-state index contributed by atoms with van der Waals surface area (Å²) in [5.41, 5.74) is -0.0906. The van der Waals surface area contributed by atoms with Crippen molar-refractivity contribution in [2.45, 2.75) is 24.9 Å². The summed E-state index contributed by atoms with van der Waals surface area (Å²) in [7, 11) is 3.68. The Kier molecular flexibility index (Phi) is 6.08. The first-order chi connectivity index (χ1) is 11.8. The maximum Gasteiger partial charge on any atom is 0.326 e. The molecule has 1 aromatic rings. The number of nitrogens with one attached hydrogen (secondary N) is 1. The van der Waals surface area contributed by atoms with Crippen LogP contribution in [0.2, 0.25) is 0 Å². The van der Waals surface area contributed by atoms with Gasteiger partial charge in [-0.25, -0.2) is 9.18 Å². The fourth-order valence-corrected chi connectivity index (χ4v) is 2.86. The second-order valence-electron chi connectivity index (χ2n) is 6.24. The number of carboxylic acid groups (broad SMARTS) is 1. The first-order valence-electron chi connectivity index (χ1n) is 8.02. The molecule has 136 valence electrons. The minimum absolute atomic E-state index is 0.0153. The molecule has 0 aromatic heterocycles. The molecule has 1 fully saturated rings. The van der Waals surface area contributed by atoms with Crippen LogP contribution in [0, 0.1) is 5.82 Å². The zero-order valence-electron chi connectivity index (χ0n) is 14.2. The number of amides is 2. The predicted molar refractivity (Wildman–Crippen MR) is 88.6 cm³/mol. The molecule has 0 bridgehead atoms. The molecule has 1 aliphatic rings. The van der Waals surface area contributed by atoms with Crippen LogP contribution in [-0.2, 0) is 9.59 Å². The summed E-state index contributed by atoms with van der Waals surface area (Å²) in [5.74, 6) is -2.61. The zero-order chi connectivity index (χ0) is 18.6. The van der Waals surface area contributed by atoms with Crippen molar-refractivity contribution in [2.75, 3.05) is 27.2 Å². The van der Waals surface area contributed by atoms with Gasteiger partial charge in [-0.15, -0.1) is 0 Å². The summed E-state index contributed by atoms with van der Waals surface area (Å²) in [4.78, 5) is 38.8. The van der Waals surface area contributed by atoms with Gasteiger partial charge in [0.1, 0.15) is 11.9 Å². The molecule has 2 amide bonds. The maximum atomic E-state index is 13.5. The van der Waals surface area contributed by atoms with Crippen LogP contribution in [0.1, 0.15) is 23.2 Å². The maximum absolute atomic E-state index is 13.5. The lowest BCUT2D eigenvalue weighted by molar-refractivity contribution is -0.148. The van der Waals surface area contributed by atoms with Crippen LogP contribution in [0.5, 0.6) is 0 Å². The average Bonchev–Trinajstić information content (AvgIpc) is 3.01. The van der Waals surface area contributed by atoms with E-state index in [0.29, 0.717) is 13.0 Å². The molecule has 0 saturated carbocycles. The largest absolute Gasteiger partial charge is 0.480 e. The van der Waals surface area contributed by atoms with Crippen molar-refractivity contribution in [1.82, 2.24) is 15.1 Å². The molecule has 0 radical (unpaired) electrons. The highest BCUT2D eigenvalue weighted by atomic mass is 19.1. The number of carbonyl (C=O) groups excluding carboxylic acids is 2. The van der Waals surface area contributed by atoms with E-state index >= 15 is 0 Å². The highest BCUT2D eigenvalue weighted by Gasteiger charge is 2.40. The van der Waals surface area contributed by atoms with E-state index in [1.807, 2.05) is 19.0 Å². The predicted octanol–water partition coefficient (Wildman–Crippen LogP) is 0.561. The van der Waals surface area contributed by atoms with Crippen LogP contribution in [0.15, 0.2) is 24.3 Å². The van der Waals surface area contributed by atoms with Crippen LogP contribution in [-0.4, -0.2) is 72.0 Å². The van der Waals surface area contributed by atoms with E-state index in [0.717, 1.165) is 0 Å². The Morgan fingerprint density at radius 3 is 2.60 bits per heavy atom. The van der Waals surface area contributed by atoms with E-state index < -0.39 is 23.7 Å². The van der Waals surface area contributed by atoms with Crippen molar-refractivity contribution >= 4 is 17.8 Å². The second kappa shape index (κ2) is 8.06. The number of aliphatic carboxylic acids is 1. The Morgan fingerprint density at radius 1 is 1.32 bits per heavy atom. The average molecular weight is 351 g/mol. The number of carboxylic acids is 1. The van der Waals surface area contributed by atoms with Gasteiger partial charge in [-0.05, 0) is 32.6 Å². The number of halogens is 1. The molecule has 0 aliphatic carbocycles. The molecule has 2 atom stereocenters. The van der Waals surface area contributed by atoms with Gasteiger partial charge >= 0.3 is 5.97 Å². The fourth-order valence-electron chi connectivity index (χ4n) is 2.86. The molecule has 7 nitrogen and oxygen atoms in total. The molecule has 2 N–H and O–H groups in total. The second-order valence-corrected chi connectivity index (χ2v) is 6.24. The van der Waals surface area contributed by atoms with Gasteiger partial charge in [0, 0.05) is 25.6 Å². The van der Waals surface area contributed by atoms with Crippen molar-refractivity contribution in [3.63, 3.8) is 0 Å². The Morgan fingerprint density at radius 2 is 2.00 bits per heavy atom. The lowest BCUT2D eigenvalue weighted by atomic mass is 10.1. The molecule has 1 saturated heterocycles. The molecule has 1 aliphatic heterocycles. The van der Waals surface area contributed by atoms with Crippen LogP contribution in [0.25, 0.3) is 0 Å². The summed E-state index contributed by atoms with van der Waals surface area (Å²) < 4.78 is 13.5. The summed E-state index contributed by atoms with van der Waals surface area (Å²) in [6.07, 6.45) is 0.333. The van der Waals surface area contributed by atoms with Gasteiger partial charge in [-0.2, -0.15) is 0 Å². The number of hydrogen-bond acceptors (Lipinski definition) is 4. The molecule has 8 heteroatoms. The SMILES string of the molecule is CN(C)[C@@H]1C[C@@H](C(=O)O)N(C(=O)CCNC(=O)c2ccccc2F)C1. The lowest BCUT2D eigenvalue weighted by Crippen LogP contribution is -2.42. The molecule has 1 aromatic carbocycles. The Hall–Kier alpha value is -2.48. The van der Waals surface area contributed by atoms with Crippen LogP contribution >= 0.6 is 0 Å². The molecular formula is C17H22FN3O4. The van der Waals surface area contributed by atoms with Crippen LogP contribution < -0.4 is 5.32 Å². The number of benzene rings is 1. The number of hydrogen-bond donors (Lipinski definition) is 2. The van der Waals surface area contributed by atoms with E-state index in [-0.39, 0.29) is 30.5 Å². The summed E-state index contributed by atoms with van der Waals surface area (Å²) in [5, 5.41) is 11.8. The standard InChI is InChI=1S/C17H22FN3O4/c1-20(2)11-9-14(17(24)25)21(10-11)15(22)7-8-19-16(23)12-5-3-4-6-13(12)18/h3-6,11,14H,7-10H2,1-2H3,(H,19,23)(H,24,25)/t11-,14+/m1/s1. The summed E-state index contributed by atoms with van der Waals surface area (Å²) in [6, 6.07) is 4.70. The summed E-state index contributed by atoms with van der Waals surface area (Å²) in [6.45, 7) is 0.353. The first kappa shape index (κ1) is 18.9. The van der Waals surface area contributed by atoms with Gasteiger partial charge in [-0.3, -0.25) is 9.59 Å². The van der Waals surface area contributed by atoms with Crippen molar-refractivity contribution < 1.29 is 23.9 Å². The molecule has 0 unspecified atom stereocenters. The Balaban J connectivity index is 1.90. The van der Waals surface area contributed by atoms with E-state index in [1.165, 1.54) is 23.1 Å². The molecule has 25 heavy (non-hydrogen) atoms. The third-order valence-electron chi connectivity index (χ3n) is 4.36. The molecule has 0 spiro atoms. The fraction of sp³-hybridized carbons (Fsp3) is 0.471. The highest BCUT2D eigenvalue weighted by Crippen LogP contribution is 2.22. The van der Waals surface area contributed by atoms with E-state index in [2.05, 4.69) is 5.32 Å². The van der Waals surface area contributed by atoms with Gasteiger partial charge in [0.15, 0.2) is 0 Å². The number of likely N-dealkylation sites (N-methyl/N-ethyl adjacent to an activating group) is 1. The minimum atomic E-state index is -1.03. The van der Waals surface area contributed by atoms with Crippen molar-refractivity contribution in [3.8, 4) is 0 Å². The van der Waals surface area contributed by atoms with Gasteiger partial charge in [0.05, 0.1) is 5.56 Å². The zero-order valence-corrected chi connectivity index (χ0v) is 14.2. The quantitative estimate of drug-likeness (QED) is 0.782. The molecular weight excluding hydrogens is 329 g/mol. The van der Waals surface area contributed by atoms with Crippen LogP contribution in [0.3, 0.4) is 0 Å². The lowest BCUT2D eigenvalue weighted by Gasteiger charge is -2.22. The van der Waals surface area contributed by atoms with Gasteiger partial charge in [0.2, 0.25) is 5.91 Å². The monoisotopic (exact) mass is 351 g/mol. The highest BCUT2D eigenvalue weighted by molar-refractivity contribution is 5.94. The Bertz CT molecular complexity index is 665. The normalized spacial score (nSPS) is 19.9. The number of likely N-dealkylation sites (tertiary alicyclic amines) is 1. The first-order valence-corrected chi connectivity index (χ1v) is 8.02. The van der Waals surface area contributed by atoms with E-state index in [4.69, 9.17) is 0 Å². The number of carbonyl (C=O) groups is 3. The van der Waals surface area contributed by atoms with E-state index in [9.17, 15) is 23.9 Å². The topological polar surface area (TPSA) is 90.0 Å². The number of rotatable bonds is 6. The number of nitrogens with zero attached hydrogens (tertiary/aromatic N) is 2. The van der Waals surface area contributed by atoms with E-state index in [1.54, 1.807) is 6.07 Å². The van der Waals surface area contributed by atoms with Gasteiger partial charge in [-0.1, -0.05) is 12.1 Å². The van der Waals surface area contributed by atoms with Gasteiger partial charge < -0.3 is 20.2 Å². The molecule has 1 heterocycles. The third kappa shape index (κ3) is 4.54. The van der Waals surface area contributed by atoms with Gasteiger partial charge in [0.25, 0.3) is 5.91 Å². The third-order valence-corrected chi connectivity index (χ3v) is 4.36. The summed E-state index contributed by atoms with van der Waals surface area (Å²) >= 11 is 0. The minimum Gasteiger partial charge on any atom is -0.480 e. The molecule has 2 rings (SSSR count).